The second kappa shape index (κ2) is 2.57. The van der Waals surface area contributed by atoms with Crippen molar-refractivity contribution in [1.29, 1.82) is 0 Å². The average Bonchev–Trinajstić information content (AvgIpc) is 2.30. The molecule has 0 amide bonds. The number of ketones is 1. The van der Waals surface area contributed by atoms with Crippen LogP contribution in [0.15, 0.2) is 0 Å². The van der Waals surface area contributed by atoms with Gasteiger partial charge in [0.15, 0.2) is 5.78 Å². The number of Topliss-reactive ketones (excluding diaryl/α,β-unsaturated/α-hetero) is 1. The highest BCUT2D eigenvalue weighted by atomic mass is 16.5. The minimum absolute atomic E-state index is 0.175. The van der Waals surface area contributed by atoms with Gasteiger partial charge in [-0.15, -0.1) is 0 Å². The van der Waals surface area contributed by atoms with Crippen LogP contribution in [0.5, 0.6) is 0 Å². The zero-order valence-electron chi connectivity index (χ0n) is 6.75. The molecule has 3 nitrogen and oxygen atoms in total. The molecule has 2 saturated heterocycles. The summed E-state index contributed by atoms with van der Waals surface area (Å²) in [4.78, 5) is 13.4. The Balaban J connectivity index is 2.13. The van der Waals surface area contributed by atoms with Crippen LogP contribution in [0.25, 0.3) is 0 Å². The van der Waals surface area contributed by atoms with Gasteiger partial charge in [-0.2, -0.15) is 0 Å². The van der Waals surface area contributed by atoms with Crippen LogP contribution in [-0.2, 0) is 9.53 Å². The number of carbonyl (C=O) groups is 1. The lowest BCUT2D eigenvalue weighted by molar-refractivity contribution is -0.122. The molecule has 2 aliphatic rings. The number of nitrogens with zero attached hydrogens (tertiary/aromatic N) is 1. The van der Waals surface area contributed by atoms with Crippen LogP contribution >= 0.6 is 0 Å². The summed E-state index contributed by atoms with van der Waals surface area (Å²) in [6.07, 6.45) is 1.02. The highest BCUT2D eigenvalue weighted by Crippen LogP contribution is 2.26. The summed E-state index contributed by atoms with van der Waals surface area (Å²) in [5, 5.41) is 0. The summed E-state index contributed by atoms with van der Waals surface area (Å²) >= 11 is 0. The number of rotatable bonds is 0. The van der Waals surface area contributed by atoms with Gasteiger partial charge in [0.1, 0.15) is 0 Å². The Morgan fingerprint density at radius 2 is 2.45 bits per heavy atom. The van der Waals surface area contributed by atoms with Crippen molar-refractivity contribution >= 4 is 5.78 Å². The highest BCUT2D eigenvalue weighted by Gasteiger charge is 2.40. The Hall–Kier alpha value is -0.410. The number of likely N-dealkylation sites (N-methyl/N-ethyl adjacent to an activating group) is 1. The fourth-order valence-electron chi connectivity index (χ4n) is 2.04. The first-order valence-corrected chi connectivity index (χ1v) is 4.10. The van der Waals surface area contributed by atoms with Crippen LogP contribution in [0.3, 0.4) is 0 Å². The summed E-state index contributed by atoms with van der Waals surface area (Å²) in [7, 11) is 2.02. The van der Waals surface area contributed by atoms with Gasteiger partial charge >= 0.3 is 0 Å². The molecule has 2 rings (SSSR count). The van der Waals surface area contributed by atoms with E-state index in [0.29, 0.717) is 25.0 Å². The van der Waals surface area contributed by atoms with Crippen LogP contribution in [0.4, 0.5) is 0 Å². The van der Waals surface area contributed by atoms with E-state index in [1.807, 2.05) is 7.05 Å². The molecule has 2 unspecified atom stereocenters. The summed E-state index contributed by atoms with van der Waals surface area (Å²) < 4.78 is 5.25. The molecule has 0 aliphatic carbocycles. The van der Waals surface area contributed by atoms with Gasteiger partial charge < -0.3 is 4.74 Å². The fraction of sp³-hybridized carbons (Fsp3) is 0.875. The third-order valence-electron chi connectivity index (χ3n) is 2.70. The Morgan fingerprint density at radius 1 is 1.64 bits per heavy atom. The van der Waals surface area contributed by atoms with Gasteiger partial charge in [-0.3, -0.25) is 9.69 Å². The van der Waals surface area contributed by atoms with E-state index in [4.69, 9.17) is 4.74 Å². The molecule has 2 atom stereocenters. The quantitative estimate of drug-likeness (QED) is 0.489. The number of hydrogen-bond acceptors (Lipinski definition) is 3. The molecule has 0 radical (unpaired) electrons. The number of likely N-dealkylation sites (tertiary alicyclic amines) is 1. The predicted octanol–water partition coefficient (Wildman–Crippen LogP) is -0.0940. The maximum Gasteiger partial charge on any atom is 0.153 e. The van der Waals surface area contributed by atoms with Crippen LogP contribution in [0.1, 0.15) is 6.42 Å². The molecule has 62 valence electrons. The molecule has 0 saturated carbocycles. The standard InChI is InChI=1S/C8H13NO2/c1-9-4-8(10)6-5-11-3-2-7(6)9/h6-7H,2-5H2,1H3. The van der Waals surface area contributed by atoms with E-state index in [2.05, 4.69) is 4.90 Å². The van der Waals surface area contributed by atoms with Crippen molar-refractivity contribution < 1.29 is 9.53 Å². The Morgan fingerprint density at radius 3 is 3.18 bits per heavy atom. The molecular weight excluding hydrogens is 142 g/mol. The van der Waals surface area contributed by atoms with Gasteiger partial charge in [0.2, 0.25) is 0 Å². The van der Waals surface area contributed by atoms with E-state index in [1.54, 1.807) is 0 Å². The van der Waals surface area contributed by atoms with Crippen molar-refractivity contribution in [2.45, 2.75) is 12.5 Å². The molecule has 0 aromatic rings. The molecule has 2 heterocycles. The Bertz CT molecular complexity index is 181. The monoisotopic (exact) mass is 155 g/mol. The SMILES string of the molecule is CN1CC(=O)C2COCCC21. The maximum atomic E-state index is 11.3. The van der Waals surface area contributed by atoms with Gasteiger partial charge in [-0.1, -0.05) is 0 Å². The largest absolute Gasteiger partial charge is 0.381 e. The first kappa shape index (κ1) is 7.25. The molecule has 2 aliphatic heterocycles. The second-order valence-corrected chi connectivity index (χ2v) is 3.42. The normalized spacial score (nSPS) is 39.2. The summed E-state index contributed by atoms with van der Waals surface area (Å²) in [5.74, 6) is 0.533. The average molecular weight is 155 g/mol. The molecule has 3 heteroatoms. The van der Waals surface area contributed by atoms with Crippen LogP contribution in [0, 0.1) is 5.92 Å². The van der Waals surface area contributed by atoms with E-state index in [0.717, 1.165) is 13.0 Å². The van der Waals surface area contributed by atoms with Crippen molar-refractivity contribution in [2.24, 2.45) is 5.92 Å². The fourth-order valence-corrected chi connectivity index (χ4v) is 2.04. The third-order valence-corrected chi connectivity index (χ3v) is 2.70. The molecule has 2 fully saturated rings. The zero-order valence-corrected chi connectivity index (χ0v) is 6.75. The van der Waals surface area contributed by atoms with Gasteiger partial charge in [0.25, 0.3) is 0 Å². The maximum absolute atomic E-state index is 11.3. The summed E-state index contributed by atoms with van der Waals surface area (Å²) in [6.45, 7) is 2.09. The lowest BCUT2D eigenvalue weighted by Crippen LogP contribution is -2.37. The Labute approximate surface area is 66.3 Å². The highest BCUT2D eigenvalue weighted by molar-refractivity contribution is 5.86. The molecule has 0 spiro atoms. The van der Waals surface area contributed by atoms with Crippen molar-refractivity contribution in [3.05, 3.63) is 0 Å². The molecule has 0 N–H and O–H groups in total. The van der Waals surface area contributed by atoms with Gasteiger partial charge in [-0.25, -0.2) is 0 Å². The van der Waals surface area contributed by atoms with Crippen molar-refractivity contribution in [2.75, 3.05) is 26.8 Å². The summed E-state index contributed by atoms with van der Waals surface area (Å²) in [5.41, 5.74) is 0. The lowest BCUT2D eigenvalue weighted by atomic mass is 9.96. The minimum Gasteiger partial charge on any atom is -0.381 e. The van der Waals surface area contributed by atoms with E-state index in [9.17, 15) is 4.79 Å². The van der Waals surface area contributed by atoms with Crippen LogP contribution < -0.4 is 0 Å². The third kappa shape index (κ3) is 1.08. The number of ether oxygens (including phenoxy) is 1. The van der Waals surface area contributed by atoms with Crippen molar-refractivity contribution in [3.8, 4) is 0 Å². The number of fused-ring (bicyclic) bond motifs is 1. The first-order chi connectivity index (χ1) is 5.29. The van der Waals surface area contributed by atoms with Crippen LogP contribution in [0.2, 0.25) is 0 Å². The van der Waals surface area contributed by atoms with E-state index in [-0.39, 0.29) is 5.92 Å². The van der Waals surface area contributed by atoms with E-state index >= 15 is 0 Å². The predicted molar refractivity (Wildman–Crippen MR) is 40.4 cm³/mol. The lowest BCUT2D eigenvalue weighted by Gasteiger charge is -2.27. The van der Waals surface area contributed by atoms with Gasteiger partial charge in [-0.05, 0) is 13.5 Å². The number of hydrogen-bond donors (Lipinski definition) is 0. The van der Waals surface area contributed by atoms with Crippen LogP contribution in [-0.4, -0.2) is 43.5 Å². The molecule has 11 heavy (non-hydrogen) atoms. The smallest absolute Gasteiger partial charge is 0.153 e. The molecule has 0 aromatic heterocycles. The van der Waals surface area contributed by atoms with E-state index in [1.165, 1.54) is 0 Å². The Kier molecular flexibility index (Phi) is 1.69. The van der Waals surface area contributed by atoms with Crippen molar-refractivity contribution in [3.63, 3.8) is 0 Å². The second-order valence-electron chi connectivity index (χ2n) is 3.42. The van der Waals surface area contributed by atoms with Gasteiger partial charge in [0, 0.05) is 12.6 Å². The molecule has 0 bridgehead atoms. The van der Waals surface area contributed by atoms with E-state index < -0.39 is 0 Å². The minimum atomic E-state index is 0.175. The van der Waals surface area contributed by atoms with Gasteiger partial charge in [0.05, 0.1) is 19.1 Å². The topological polar surface area (TPSA) is 29.5 Å². The number of carbonyl (C=O) groups excluding carboxylic acids is 1. The molecule has 0 aromatic carbocycles. The summed E-state index contributed by atoms with van der Waals surface area (Å²) in [6, 6.07) is 0.469. The van der Waals surface area contributed by atoms with Crippen molar-refractivity contribution in [1.82, 2.24) is 4.90 Å². The molecular formula is C8H13NO2. The zero-order chi connectivity index (χ0) is 7.84. The first-order valence-electron chi connectivity index (χ1n) is 4.10.